The third kappa shape index (κ3) is 4.18. The molecule has 0 fully saturated rings. The van der Waals surface area contributed by atoms with Crippen molar-refractivity contribution < 1.29 is 27.5 Å². The number of ether oxygens (including phenoxy) is 2. The van der Waals surface area contributed by atoms with E-state index in [0.717, 1.165) is 4.88 Å². The summed E-state index contributed by atoms with van der Waals surface area (Å²) in [6, 6.07) is 8.87. The molecule has 25 heavy (non-hydrogen) atoms. The van der Waals surface area contributed by atoms with E-state index < -0.39 is 18.7 Å². The van der Waals surface area contributed by atoms with E-state index in [9.17, 15) is 13.6 Å². The summed E-state index contributed by atoms with van der Waals surface area (Å²) in [6.07, 6.45) is -0.759. The Hall–Kier alpha value is -2.81. The monoisotopic (exact) mass is 366 g/mol. The Labute approximate surface area is 145 Å². The summed E-state index contributed by atoms with van der Waals surface area (Å²) in [5, 5.41) is 9.67. The lowest BCUT2D eigenvalue weighted by Crippen LogP contribution is -2.10. The van der Waals surface area contributed by atoms with Crippen molar-refractivity contribution in [3.05, 3.63) is 53.2 Å². The minimum atomic E-state index is -2.92. The molecule has 130 valence electrons. The number of carbonyl (C=O) groups is 1. The van der Waals surface area contributed by atoms with Crippen molar-refractivity contribution in [2.45, 2.75) is 19.6 Å². The number of hydrogen-bond acceptors (Lipinski definition) is 7. The van der Waals surface area contributed by atoms with Gasteiger partial charge in [-0.05, 0) is 42.6 Å². The summed E-state index contributed by atoms with van der Waals surface area (Å²) in [7, 11) is 0. The summed E-state index contributed by atoms with van der Waals surface area (Å²) >= 11 is 1.45. The quantitative estimate of drug-likeness (QED) is 0.605. The predicted molar refractivity (Wildman–Crippen MR) is 84.5 cm³/mol. The smallest absolute Gasteiger partial charge is 0.387 e. The van der Waals surface area contributed by atoms with Crippen LogP contribution in [-0.4, -0.2) is 22.8 Å². The van der Waals surface area contributed by atoms with Gasteiger partial charge in [0.15, 0.2) is 6.10 Å². The SMILES string of the molecule is C[C@H](OC(=O)c1ccc(OC(F)F)cc1)c1nnc(-c2cccs2)o1. The number of rotatable bonds is 6. The van der Waals surface area contributed by atoms with Crippen molar-refractivity contribution in [3.8, 4) is 16.5 Å². The molecular weight excluding hydrogens is 354 g/mol. The molecule has 0 bridgehead atoms. The van der Waals surface area contributed by atoms with Gasteiger partial charge in [-0.3, -0.25) is 0 Å². The molecule has 0 aliphatic heterocycles. The molecule has 3 aromatic rings. The molecule has 0 aliphatic rings. The zero-order chi connectivity index (χ0) is 17.8. The zero-order valence-electron chi connectivity index (χ0n) is 12.9. The van der Waals surface area contributed by atoms with E-state index in [1.54, 1.807) is 6.92 Å². The number of nitrogens with zero attached hydrogens (tertiary/aromatic N) is 2. The molecule has 1 atom stereocenters. The Kier molecular flexibility index (Phi) is 5.03. The highest BCUT2D eigenvalue weighted by Crippen LogP contribution is 2.26. The van der Waals surface area contributed by atoms with Crippen molar-refractivity contribution >= 4 is 17.3 Å². The molecule has 0 N–H and O–H groups in total. The maximum Gasteiger partial charge on any atom is 0.387 e. The van der Waals surface area contributed by atoms with Crippen LogP contribution in [0.2, 0.25) is 0 Å². The largest absolute Gasteiger partial charge is 0.449 e. The van der Waals surface area contributed by atoms with Crippen LogP contribution in [0, 0.1) is 0 Å². The van der Waals surface area contributed by atoms with E-state index in [1.807, 2.05) is 17.5 Å². The first-order valence-corrected chi connectivity index (χ1v) is 8.04. The minimum Gasteiger partial charge on any atom is -0.449 e. The highest BCUT2D eigenvalue weighted by atomic mass is 32.1. The van der Waals surface area contributed by atoms with Gasteiger partial charge in [-0.15, -0.1) is 21.5 Å². The summed E-state index contributed by atoms with van der Waals surface area (Å²) in [6.45, 7) is -1.33. The van der Waals surface area contributed by atoms with Crippen LogP contribution in [0.4, 0.5) is 8.78 Å². The minimum absolute atomic E-state index is 0.0444. The topological polar surface area (TPSA) is 74.5 Å². The second-order valence-electron chi connectivity index (χ2n) is 4.87. The van der Waals surface area contributed by atoms with Gasteiger partial charge in [0.2, 0.25) is 0 Å². The second kappa shape index (κ2) is 7.39. The van der Waals surface area contributed by atoms with Crippen LogP contribution in [0.5, 0.6) is 5.75 Å². The number of aromatic nitrogens is 2. The summed E-state index contributed by atoms with van der Waals surface area (Å²) in [5.41, 5.74) is 0.187. The molecule has 0 radical (unpaired) electrons. The summed E-state index contributed by atoms with van der Waals surface area (Å²) < 4.78 is 39.2. The normalized spacial score (nSPS) is 12.2. The van der Waals surface area contributed by atoms with Gasteiger partial charge in [-0.1, -0.05) is 6.07 Å². The summed E-state index contributed by atoms with van der Waals surface area (Å²) in [5.74, 6) is -0.181. The first-order valence-electron chi connectivity index (χ1n) is 7.16. The van der Waals surface area contributed by atoms with Crippen molar-refractivity contribution in [1.29, 1.82) is 0 Å². The van der Waals surface area contributed by atoms with Gasteiger partial charge in [0, 0.05) is 0 Å². The lowest BCUT2D eigenvalue weighted by molar-refractivity contribution is -0.0498. The molecule has 0 saturated heterocycles. The number of benzene rings is 1. The molecule has 6 nitrogen and oxygen atoms in total. The van der Waals surface area contributed by atoms with Crippen LogP contribution < -0.4 is 4.74 Å². The molecule has 0 amide bonds. The number of halogens is 2. The van der Waals surface area contributed by atoms with E-state index in [0.29, 0.717) is 5.89 Å². The van der Waals surface area contributed by atoms with E-state index >= 15 is 0 Å². The van der Waals surface area contributed by atoms with E-state index in [4.69, 9.17) is 9.15 Å². The lowest BCUT2D eigenvalue weighted by Gasteiger charge is -2.10. The van der Waals surface area contributed by atoms with Crippen LogP contribution in [-0.2, 0) is 4.74 Å². The molecular formula is C16H12F2N2O4S. The summed E-state index contributed by atoms with van der Waals surface area (Å²) in [4.78, 5) is 12.9. The van der Waals surface area contributed by atoms with Crippen LogP contribution in [0.3, 0.4) is 0 Å². The standard InChI is InChI=1S/C16H12F2N2O4S/c1-9(13-19-20-14(24-13)12-3-2-8-25-12)22-15(21)10-4-6-11(7-5-10)23-16(17)18/h2-9,16H,1H3/t9-/m0/s1. The Morgan fingerprint density at radius 1 is 1.20 bits per heavy atom. The molecule has 1 aromatic carbocycles. The maximum absolute atomic E-state index is 12.1. The molecule has 2 heterocycles. The molecule has 0 unspecified atom stereocenters. The van der Waals surface area contributed by atoms with Crippen molar-refractivity contribution in [2.24, 2.45) is 0 Å². The Balaban J connectivity index is 1.64. The molecule has 2 aromatic heterocycles. The molecule has 3 rings (SSSR count). The van der Waals surface area contributed by atoms with Gasteiger partial charge in [-0.25, -0.2) is 4.79 Å². The molecule has 0 saturated carbocycles. The van der Waals surface area contributed by atoms with E-state index in [2.05, 4.69) is 14.9 Å². The van der Waals surface area contributed by atoms with Crippen LogP contribution in [0.15, 0.2) is 46.2 Å². The fraction of sp³-hybridized carbons (Fsp3) is 0.188. The Morgan fingerprint density at radius 3 is 2.60 bits per heavy atom. The average molecular weight is 366 g/mol. The van der Waals surface area contributed by atoms with Gasteiger partial charge in [0.1, 0.15) is 5.75 Å². The highest BCUT2D eigenvalue weighted by Gasteiger charge is 2.20. The van der Waals surface area contributed by atoms with Gasteiger partial charge in [0.05, 0.1) is 10.4 Å². The number of thiophene rings is 1. The van der Waals surface area contributed by atoms with Crippen molar-refractivity contribution in [1.82, 2.24) is 10.2 Å². The van der Waals surface area contributed by atoms with Crippen LogP contribution in [0.1, 0.15) is 29.3 Å². The fourth-order valence-corrected chi connectivity index (χ4v) is 2.59. The molecule has 0 aliphatic carbocycles. The number of hydrogen-bond donors (Lipinski definition) is 0. The van der Waals surface area contributed by atoms with Gasteiger partial charge >= 0.3 is 12.6 Å². The van der Waals surface area contributed by atoms with Crippen molar-refractivity contribution in [2.75, 3.05) is 0 Å². The van der Waals surface area contributed by atoms with E-state index in [1.165, 1.54) is 35.6 Å². The third-order valence-corrected chi connectivity index (χ3v) is 3.98. The lowest BCUT2D eigenvalue weighted by atomic mass is 10.2. The second-order valence-corrected chi connectivity index (χ2v) is 5.82. The first-order chi connectivity index (χ1) is 12.0. The first kappa shape index (κ1) is 17.0. The van der Waals surface area contributed by atoms with Gasteiger partial charge in [0.25, 0.3) is 11.8 Å². The predicted octanol–water partition coefficient (Wildman–Crippen LogP) is 4.32. The number of carbonyl (C=O) groups excluding carboxylic acids is 1. The van der Waals surface area contributed by atoms with Gasteiger partial charge < -0.3 is 13.9 Å². The fourth-order valence-electron chi connectivity index (χ4n) is 1.95. The van der Waals surface area contributed by atoms with E-state index in [-0.39, 0.29) is 17.2 Å². The molecule has 0 spiro atoms. The number of alkyl halides is 2. The van der Waals surface area contributed by atoms with Crippen LogP contribution in [0.25, 0.3) is 10.8 Å². The zero-order valence-corrected chi connectivity index (χ0v) is 13.7. The molecule has 9 heteroatoms. The third-order valence-electron chi connectivity index (χ3n) is 3.12. The Morgan fingerprint density at radius 2 is 1.96 bits per heavy atom. The van der Waals surface area contributed by atoms with Gasteiger partial charge in [-0.2, -0.15) is 8.78 Å². The van der Waals surface area contributed by atoms with Crippen molar-refractivity contribution in [3.63, 3.8) is 0 Å². The maximum atomic E-state index is 12.1. The number of esters is 1. The highest BCUT2D eigenvalue weighted by molar-refractivity contribution is 7.13. The Bertz CT molecular complexity index is 834. The average Bonchev–Trinajstić information content (AvgIpc) is 3.26. The van der Waals surface area contributed by atoms with Crippen LogP contribution >= 0.6 is 11.3 Å².